The van der Waals surface area contributed by atoms with Gasteiger partial charge in [-0.25, -0.2) is 18.2 Å². The summed E-state index contributed by atoms with van der Waals surface area (Å²) < 4.78 is 37.4. The maximum Gasteiger partial charge on any atom is 0.340 e. The molecule has 2 aromatic rings. The number of aryl methyl sites for hydroxylation is 1. The van der Waals surface area contributed by atoms with Crippen molar-refractivity contribution < 1.29 is 27.5 Å². The van der Waals surface area contributed by atoms with Crippen LogP contribution in [-0.4, -0.2) is 52.1 Å². The van der Waals surface area contributed by atoms with Gasteiger partial charge in [-0.1, -0.05) is 12.1 Å². The van der Waals surface area contributed by atoms with Crippen molar-refractivity contribution in [3.05, 3.63) is 52.7 Å². The van der Waals surface area contributed by atoms with Gasteiger partial charge in [-0.05, 0) is 50.5 Å². The molecule has 1 aromatic heterocycles. The minimum Gasteiger partial charge on any atom is -0.497 e. The fraction of sp³-hybridized carbons (Fsp3) is 0.417. The molecule has 1 aliphatic heterocycles. The molecule has 11 heteroatoms. The maximum atomic E-state index is 12.7. The maximum absolute atomic E-state index is 12.7. The molecule has 0 saturated carbocycles. The van der Waals surface area contributed by atoms with Gasteiger partial charge in [0.15, 0.2) is 0 Å². The van der Waals surface area contributed by atoms with Crippen LogP contribution >= 0.6 is 0 Å². The molecule has 0 unspecified atom stereocenters. The van der Waals surface area contributed by atoms with E-state index in [2.05, 4.69) is 15.8 Å². The van der Waals surface area contributed by atoms with Crippen molar-refractivity contribution >= 4 is 27.7 Å². The van der Waals surface area contributed by atoms with Crippen LogP contribution in [-0.2, 0) is 25.3 Å². The van der Waals surface area contributed by atoms with Gasteiger partial charge in [0.05, 0.1) is 36.3 Å². The molecule has 0 radical (unpaired) electrons. The van der Waals surface area contributed by atoms with Gasteiger partial charge in [-0.3, -0.25) is 9.52 Å². The zero-order valence-corrected chi connectivity index (χ0v) is 20.7. The molecule has 186 valence electrons. The number of methoxy groups -OCH3 is 1. The highest BCUT2D eigenvalue weighted by Gasteiger charge is 2.30. The van der Waals surface area contributed by atoms with Crippen LogP contribution in [0.4, 0.5) is 5.82 Å². The van der Waals surface area contributed by atoms with Crippen LogP contribution in [0.25, 0.3) is 0 Å². The standard InChI is InChI=1S/C24H28N4O6S/c1-4-34-24(30)21-13-19(14-25)22(26-16(21)2)28-10-8-18(9-11-28)23(29)27-35(31,32)15-17-6-5-7-20(12-17)33-3/h5-7,12-13,18H,4,8-11,15H2,1-3H3,(H,27,29). The van der Waals surface area contributed by atoms with Crippen LogP contribution in [0.5, 0.6) is 5.75 Å². The number of nitrogens with zero attached hydrogens (tertiary/aromatic N) is 3. The van der Waals surface area contributed by atoms with Crippen molar-refractivity contribution in [2.24, 2.45) is 5.92 Å². The first-order valence-corrected chi connectivity index (χ1v) is 12.8. The molecule has 0 spiro atoms. The number of nitriles is 1. The fourth-order valence-electron chi connectivity index (χ4n) is 3.94. The van der Waals surface area contributed by atoms with Gasteiger partial charge in [0.1, 0.15) is 17.6 Å². The van der Waals surface area contributed by atoms with E-state index in [1.165, 1.54) is 13.2 Å². The van der Waals surface area contributed by atoms with Crippen molar-refractivity contribution in [3.8, 4) is 11.8 Å². The Morgan fingerprint density at radius 2 is 1.97 bits per heavy atom. The number of amides is 1. The molecular weight excluding hydrogens is 472 g/mol. The zero-order valence-electron chi connectivity index (χ0n) is 19.9. The second kappa shape index (κ2) is 11.2. The van der Waals surface area contributed by atoms with Crippen molar-refractivity contribution in [1.82, 2.24) is 9.71 Å². The van der Waals surface area contributed by atoms with E-state index in [0.29, 0.717) is 48.8 Å². The Balaban J connectivity index is 1.64. The van der Waals surface area contributed by atoms with E-state index in [0.717, 1.165) is 0 Å². The summed E-state index contributed by atoms with van der Waals surface area (Å²) in [6.07, 6.45) is 0.789. The number of pyridine rings is 1. The third-order valence-electron chi connectivity index (χ3n) is 5.72. The number of anilines is 1. The summed E-state index contributed by atoms with van der Waals surface area (Å²) in [5.74, 6) is -0.941. The average molecular weight is 501 g/mol. The minimum atomic E-state index is -3.88. The lowest BCUT2D eigenvalue weighted by molar-refractivity contribution is -0.123. The summed E-state index contributed by atoms with van der Waals surface area (Å²) in [6.45, 7) is 4.41. The summed E-state index contributed by atoms with van der Waals surface area (Å²) in [7, 11) is -2.38. The highest BCUT2D eigenvalue weighted by atomic mass is 32.2. The smallest absolute Gasteiger partial charge is 0.340 e. The first-order chi connectivity index (χ1) is 16.7. The van der Waals surface area contributed by atoms with Gasteiger partial charge < -0.3 is 14.4 Å². The number of rotatable bonds is 8. The second-order valence-corrected chi connectivity index (χ2v) is 9.89. The number of carbonyl (C=O) groups excluding carboxylic acids is 2. The third-order valence-corrected chi connectivity index (χ3v) is 6.95. The molecule has 1 fully saturated rings. The molecular formula is C24H28N4O6S. The van der Waals surface area contributed by atoms with Crippen molar-refractivity contribution in [1.29, 1.82) is 5.26 Å². The highest BCUT2D eigenvalue weighted by Crippen LogP contribution is 2.27. The normalized spacial score (nSPS) is 14.2. The Hall–Kier alpha value is -3.65. The number of nitrogens with one attached hydrogen (secondary N) is 1. The molecule has 1 N–H and O–H groups in total. The average Bonchev–Trinajstić information content (AvgIpc) is 2.83. The van der Waals surface area contributed by atoms with Crippen molar-refractivity contribution in [3.63, 3.8) is 0 Å². The Kier molecular flexibility index (Phi) is 8.30. The molecule has 1 saturated heterocycles. The lowest BCUT2D eigenvalue weighted by Gasteiger charge is -2.32. The monoisotopic (exact) mass is 500 g/mol. The van der Waals surface area contributed by atoms with Gasteiger partial charge in [0.2, 0.25) is 15.9 Å². The summed E-state index contributed by atoms with van der Waals surface area (Å²) in [5, 5.41) is 9.59. The number of benzene rings is 1. The predicted octanol–water partition coefficient (Wildman–Crippen LogP) is 2.31. The van der Waals surface area contributed by atoms with Gasteiger partial charge in [-0.2, -0.15) is 5.26 Å². The summed E-state index contributed by atoms with van der Waals surface area (Å²) in [4.78, 5) is 31.1. The van der Waals surface area contributed by atoms with Crippen LogP contribution in [0.2, 0.25) is 0 Å². The minimum absolute atomic E-state index is 0.215. The van der Waals surface area contributed by atoms with Crippen LogP contribution in [0.1, 0.15) is 46.9 Å². The highest BCUT2D eigenvalue weighted by molar-refractivity contribution is 7.89. The molecule has 0 bridgehead atoms. The first kappa shape index (κ1) is 26.0. The molecule has 1 aliphatic rings. The summed E-state index contributed by atoms with van der Waals surface area (Å²) >= 11 is 0. The van der Waals surface area contributed by atoms with E-state index in [1.54, 1.807) is 38.1 Å². The predicted molar refractivity (Wildman–Crippen MR) is 128 cm³/mol. The van der Waals surface area contributed by atoms with E-state index in [-0.39, 0.29) is 23.5 Å². The topological polar surface area (TPSA) is 139 Å². The first-order valence-electron chi connectivity index (χ1n) is 11.2. The largest absolute Gasteiger partial charge is 0.497 e. The zero-order chi connectivity index (χ0) is 25.6. The van der Waals surface area contributed by atoms with E-state index >= 15 is 0 Å². The van der Waals surface area contributed by atoms with Crippen LogP contribution in [0, 0.1) is 24.2 Å². The van der Waals surface area contributed by atoms with Gasteiger partial charge >= 0.3 is 5.97 Å². The van der Waals surface area contributed by atoms with Crippen LogP contribution < -0.4 is 14.4 Å². The van der Waals surface area contributed by atoms with Crippen molar-refractivity contribution in [2.75, 3.05) is 31.7 Å². The van der Waals surface area contributed by atoms with Crippen molar-refractivity contribution in [2.45, 2.75) is 32.4 Å². The number of carbonyl (C=O) groups is 2. The van der Waals surface area contributed by atoms with E-state index in [4.69, 9.17) is 9.47 Å². The lowest BCUT2D eigenvalue weighted by atomic mass is 9.96. The summed E-state index contributed by atoms with van der Waals surface area (Å²) in [5.41, 5.74) is 1.43. The van der Waals surface area contributed by atoms with Crippen LogP contribution in [0.3, 0.4) is 0 Å². The molecule has 35 heavy (non-hydrogen) atoms. The second-order valence-electron chi connectivity index (χ2n) is 8.16. The SMILES string of the molecule is CCOC(=O)c1cc(C#N)c(N2CCC(C(=O)NS(=O)(=O)Cc3cccc(OC)c3)CC2)nc1C. The number of aromatic nitrogens is 1. The van der Waals surface area contributed by atoms with Crippen LogP contribution in [0.15, 0.2) is 30.3 Å². The van der Waals surface area contributed by atoms with E-state index < -0.39 is 27.8 Å². The van der Waals surface area contributed by atoms with Gasteiger partial charge in [-0.15, -0.1) is 0 Å². The molecule has 0 aliphatic carbocycles. The molecule has 1 aromatic carbocycles. The molecule has 2 heterocycles. The van der Waals surface area contributed by atoms with E-state index in [9.17, 15) is 23.3 Å². The molecule has 10 nitrogen and oxygen atoms in total. The number of sulfonamides is 1. The Morgan fingerprint density at radius 3 is 2.60 bits per heavy atom. The molecule has 1 amide bonds. The Bertz CT molecular complexity index is 1250. The number of hydrogen-bond donors (Lipinski definition) is 1. The number of hydrogen-bond acceptors (Lipinski definition) is 9. The summed E-state index contributed by atoms with van der Waals surface area (Å²) in [6, 6.07) is 10.2. The molecule has 0 atom stereocenters. The third kappa shape index (κ3) is 6.48. The Morgan fingerprint density at radius 1 is 1.26 bits per heavy atom. The Labute approximate surface area is 204 Å². The quantitative estimate of drug-likeness (QED) is 0.541. The molecule has 3 rings (SSSR count). The van der Waals surface area contributed by atoms with Gasteiger partial charge in [0, 0.05) is 19.0 Å². The number of esters is 1. The lowest BCUT2D eigenvalue weighted by Crippen LogP contribution is -2.43. The fourth-order valence-corrected chi connectivity index (χ4v) is 5.10. The number of ether oxygens (including phenoxy) is 2. The van der Waals surface area contributed by atoms with Gasteiger partial charge in [0.25, 0.3) is 0 Å². The van der Waals surface area contributed by atoms with E-state index in [1.807, 2.05) is 4.90 Å². The number of piperidine rings is 1.